The lowest BCUT2D eigenvalue weighted by molar-refractivity contribution is -0.123. The summed E-state index contributed by atoms with van der Waals surface area (Å²) in [7, 11) is 2.01. The Balaban J connectivity index is 0.000000706. The Morgan fingerprint density at radius 2 is 2.00 bits per heavy atom. The molecular weight excluding hydrogens is 384 g/mol. The van der Waals surface area contributed by atoms with E-state index >= 15 is 0 Å². The lowest BCUT2D eigenvalue weighted by Crippen LogP contribution is -2.37. The summed E-state index contributed by atoms with van der Waals surface area (Å²) in [6.07, 6.45) is 6.00. The van der Waals surface area contributed by atoms with Crippen LogP contribution in [0.2, 0.25) is 0 Å². The van der Waals surface area contributed by atoms with Crippen LogP contribution in [-0.4, -0.2) is 70.0 Å². The van der Waals surface area contributed by atoms with Crippen molar-refractivity contribution in [3.63, 3.8) is 0 Å². The largest absolute Gasteiger partial charge is 0.483 e. The number of rotatable bonds is 5. The molecule has 0 bridgehead atoms. The van der Waals surface area contributed by atoms with Crippen molar-refractivity contribution in [3.8, 4) is 0 Å². The third kappa shape index (κ3) is 5.25. The standard InChI is InChI=1S/C17H26N4O3S.CH2O2/c1-21(12-5-10-7-13(22)8-11(10)6-12)9-15(23)18-17-20-19-16(25-17)14-3-2-4-24-14;2-1-3/h10-14,22H,2-9H2,1H3,(H,18,20,23);1H,(H,2,3)/t10-,11+,12?,13?,14?;. The first kappa shape index (κ1) is 21.1. The van der Waals surface area contributed by atoms with Crippen molar-refractivity contribution in [1.82, 2.24) is 15.1 Å². The van der Waals surface area contributed by atoms with E-state index in [0.29, 0.717) is 29.6 Å². The van der Waals surface area contributed by atoms with Gasteiger partial charge in [0, 0.05) is 12.6 Å². The quantitative estimate of drug-likeness (QED) is 0.622. The molecule has 2 saturated carbocycles. The van der Waals surface area contributed by atoms with Gasteiger partial charge in [-0.25, -0.2) is 0 Å². The first-order valence-electron chi connectivity index (χ1n) is 9.71. The van der Waals surface area contributed by atoms with Gasteiger partial charge in [0.2, 0.25) is 11.0 Å². The van der Waals surface area contributed by atoms with E-state index in [0.717, 1.165) is 50.1 Å². The Hall–Kier alpha value is -1.62. The second-order valence-corrected chi connectivity index (χ2v) is 8.80. The van der Waals surface area contributed by atoms with E-state index in [4.69, 9.17) is 14.6 Å². The number of hydrogen-bond acceptors (Lipinski definition) is 8. The predicted molar refractivity (Wildman–Crippen MR) is 103 cm³/mol. The van der Waals surface area contributed by atoms with E-state index in [9.17, 15) is 9.90 Å². The van der Waals surface area contributed by atoms with Gasteiger partial charge in [0.05, 0.1) is 12.6 Å². The highest BCUT2D eigenvalue weighted by molar-refractivity contribution is 7.15. The van der Waals surface area contributed by atoms with Crippen LogP contribution in [-0.2, 0) is 14.3 Å². The number of anilines is 1. The van der Waals surface area contributed by atoms with Crippen LogP contribution in [0.5, 0.6) is 0 Å². The fourth-order valence-electron chi connectivity index (χ4n) is 4.61. The van der Waals surface area contributed by atoms with Crippen molar-refractivity contribution in [3.05, 3.63) is 5.01 Å². The van der Waals surface area contributed by atoms with Gasteiger partial charge in [-0.15, -0.1) is 10.2 Å². The molecule has 2 heterocycles. The van der Waals surface area contributed by atoms with Gasteiger partial charge in [0.25, 0.3) is 6.47 Å². The number of aromatic nitrogens is 2. The highest BCUT2D eigenvalue weighted by Crippen LogP contribution is 2.45. The summed E-state index contributed by atoms with van der Waals surface area (Å²) >= 11 is 1.41. The minimum Gasteiger partial charge on any atom is -0.483 e. The number of nitrogens with zero attached hydrogens (tertiary/aromatic N) is 3. The average Bonchev–Trinajstić information content (AvgIpc) is 3.38. The van der Waals surface area contributed by atoms with Crippen LogP contribution in [0.4, 0.5) is 5.13 Å². The Morgan fingerprint density at radius 1 is 1.32 bits per heavy atom. The first-order valence-corrected chi connectivity index (χ1v) is 10.5. The van der Waals surface area contributed by atoms with Crippen LogP contribution >= 0.6 is 11.3 Å². The Bertz CT molecular complexity index is 652. The Kier molecular flexibility index (Phi) is 7.33. The number of aliphatic hydroxyl groups is 1. The van der Waals surface area contributed by atoms with E-state index in [-0.39, 0.29) is 24.6 Å². The summed E-state index contributed by atoms with van der Waals surface area (Å²) in [4.78, 5) is 22.8. The first-order chi connectivity index (χ1) is 13.5. The molecule has 1 aliphatic heterocycles. The van der Waals surface area contributed by atoms with Gasteiger partial charge in [-0.05, 0) is 57.4 Å². The zero-order valence-electron chi connectivity index (χ0n) is 16.0. The molecule has 1 aromatic heterocycles. The lowest BCUT2D eigenvalue weighted by Gasteiger charge is -2.24. The van der Waals surface area contributed by atoms with Gasteiger partial charge < -0.3 is 14.9 Å². The number of nitrogens with one attached hydrogen (secondary N) is 1. The molecule has 1 amide bonds. The topological polar surface area (TPSA) is 125 Å². The van der Waals surface area contributed by atoms with Crippen LogP contribution in [0.3, 0.4) is 0 Å². The monoisotopic (exact) mass is 412 g/mol. The number of carbonyl (C=O) groups excluding carboxylic acids is 1. The van der Waals surface area contributed by atoms with E-state index in [1.165, 1.54) is 11.3 Å². The summed E-state index contributed by atoms with van der Waals surface area (Å²) < 4.78 is 5.60. The molecule has 4 rings (SSSR count). The van der Waals surface area contributed by atoms with Crippen molar-refractivity contribution < 1.29 is 24.5 Å². The molecule has 1 aromatic rings. The van der Waals surface area contributed by atoms with E-state index in [1.54, 1.807) is 0 Å². The molecule has 3 N–H and O–H groups in total. The van der Waals surface area contributed by atoms with Crippen molar-refractivity contribution in [2.24, 2.45) is 11.8 Å². The molecule has 156 valence electrons. The highest BCUT2D eigenvalue weighted by Gasteiger charge is 2.42. The van der Waals surface area contributed by atoms with Crippen LogP contribution in [0.25, 0.3) is 0 Å². The van der Waals surface area contributed by atoms with E-state index < -0.39 is 0 Å². The molecule has 1 saturated heterocycles. The molecule has 9 nitrogen and oxygen atoms in total. The summed E-state index contributed by atoms with van der Waals surface area (Å²) in [5, 5.41) is 29.1. The molecule has 3 unspecified atom stereocenters. The van der Waals surface area contributed by atoms with Gasteiger partial charge >= 0.3 is 0 Å². The zero-order valence-corrected chi connectivity index (χ0v) is 16.8. The molecule has 5 atom stereocenters. The van der Waals surface area contributed by atoms with Crippen LogP contribution in [0, 0.1) is 11.8 Å². The van der Waals surface area contributed by atoms with Gasteiger partial charge in [-0.3, -0.25) is 19.8 Å². The second kappa shape index (κ2) is 9.73. The van der Waals surface area contributed by atoms with E-state index in [1.807, 2.05) is 7.05 Å². The van der Waals surface area contributed by atoms with Crippen molar-refractivity contribution in [2.75, 3.05) is 25.5 Å². The molecule has 0 spiro atoms. The number of carbonyl (C=O) groups is 2. The third-order valence-electron chi connectivity index (χ3n) is 5.87. The maximum atomic E-state index is 12.3. The molecule has 10 heteroatoms. The second-order valence-electron chi connectivity index (χ2n) is 7.79. The van der Waals surface area contributed by atoms with Gasteiger partial charge in [0.1, 0.15) is 11.1 Å². The molecule has 0 aromatic carbocycles. The molecular formula is C18H28N4O5S. The summed E-state index contributed by atoms with van der Waals surface area (Å²) in [6.45, 7) is 0.888. The van der Waals surface area contributed by atoms with Crippen LogP contribution < -0.4 is 5.32 Å². The van der Waals surface area contributed by atoms with Gasteiger partial charge in [-0.2, -0.15) is 0 Å². The normalized spacial score (nSPS) is 31.3. The SMILES string of the molecule is CN(CC(=O)Nc1nnc(C2CCCO2)s1)C1C[C@H]2CC(O)C[C@H]2C1.O=CO. The molecule has 28 heavy (non-hydrogen) atoms. The smallest absolute Gasteiger partial charge is 0.290 e. The number of carboxylic acid groups (broad SMARTS) is 1. The van der Waals surface area contributed by atoms with Gasteiger partial charge in [0.15, 0.2) is 0 Å². The molecule has 3 fully saturated rings. The highest BCUT2D eigenvalue weighted by atomic mass is 32.1. The fraction of sp³-hybridized carbons (Fsp3) is 0.778. The predicted octanol–water partition coefficient (Wildman–Crippen LogP) is 1.51. The molecule has 0 radical (unpaired) electrons. The number of aliphatic hydroxyl groups excluding tert-OH is 1. The average molecular weight is 413 g/mol. The number of hydrogen-bond donors (Lipinski definition) is 3. The maximum absolute atomic E-state index is 12.3. The molecule has 2 aliphatic carbocycles. The van der Waals surface area contributed by atoms with Crippen molar-refractivity contribution in [2.45, 2.75) is 56.8 Å². The summed E-state index contributed by atoms with van der Waals surface area (Å²) in [6, 6.07) is 0.435. The zero-order chi connectivity index (χ0) is 20.1. The fourth-order valence-corrected chi connectivity index (χ4v) is 5.46. The third-order valence-corrected chi connectivity index (χ3v) is 6.81. The van der Waals surface area contributed by atoms with Crippen molar-refractivity contribution >= 4 is 28.8 Å². The number of fused-ring (bicyclic) bond motifs is 1. The number of likely N-dealkylation sites (N-methyl/N-ethyl adjacent to an activating group) is 1. The summed E-state index contributed by atoms with van der Waals surface area (Å²) in [5.41, 5.74) is 0. The van der Waals surface area contributed by atoms with Crippen molar-refractivity contribution in [1.29, 1.82) is 0 Å². The minimum atomic E-state index is -0.250. The lowest BCUT2D eigenvalue weighted by atomic mass is 10.0. The molecule has 3 aliphatic rings. The number of ether oxygens (including phenoxy) is 1. The summed E-state index contributed by atoms with van der Waals surface area (Å²) in [5.74, 6) is 1.21. The van der Waals surface area contributed by atoms with Crippen LogP contribution in [0.1, 0.15) is 49.6 Å². The van der Waals surface area contributed by atoms with E-state index in [2.05, 4.69) is 20.4 Å². The van der Waals surface area contributed by atoms with Crippen LogP contribution in [0.15, 0.2) is 0 Å². The number of amides is 1. The Labute approximate surface area is 168 Å². The minimum absolute atomic E-state index is 0.0408. The Morgan fingerprint density at radius 3 is 2.61 bits per heavy atom. The maximum Gasteiger partial charge on any atom is 0.290 e. The van der Waals surface area contributed by atoms with Gasteiger partial charge in [-0.1, -0.05) is 11.3 Å².